The fraction of sp³-hybridized carbons (Fsp3) is 0.852. The number of hydrogen-bond acceptors (Lipinski definition) is 8. The van der Waals surface area contributed by atoms with Gasteiger partial charge in [0.2, 0.25) is 0 Å². The monoisotopic (exact) mass is 563 g/mol. The zero-order valence-electron chi connectivity index (χ0n) is 23.1. The quantitative estimate of drug-likeness (QED) is 0.0614. The van der Waals surface area contributed by atoms with Crippen LogP contribution in [0.3, 0.4) is 0 Å². The molecule has 1 fully saturated rings. The van der Waals surface area contributed by atoms with Gasteiger partial charge in [-0.05, 0) is 44.9 Å². The van der Waals surface area contributed by atoms with E-state index in [1.165, 1.54) is 51.4 Å². The molecular formula is C27H50NO9P. The van der Waals surface area contributed by atoms with Crippen LogP contribution in [0.1, 0.15) is 110 Å². The van der Waals surface area contributed by atoms with Crippen LogP contribution in [0.5, 0.6) is 0 Å². The van der Waals surface area contributed by atoms with Crippen LogP contribution >= 0.6 is 7.82 Å². The number of carbonyl (C=O) groups is 2. The highest BCUT2D eigenvalue weighted by molar-refractivity contribution is 7.47. The van der Waals surface area contributed by atoms with Crippen molar-refractivity contribution in [3.8, 4) is 0 Å². The minimum Gasteiger partial charge on any atom is -0.480 e. The second kappa shape index (κ2) is 21.5. The first kappa shape index (κ1) is 34.7. The number of allylic oxidation sites excluding steroid dienone is 2. The fourth-order valence-corrected chi connectivity index (χ4v) is 5.12. The average Bonchev–Trinajstić information content (AvgIpc) is 2.88. The molecule has 10 nitrogen and oxygen atoms in total. The van der Waals surface area contributed by atoms with Gasteiger partial charge in [-0.2, -0.15) is 0 Å². The summed E-state index contributed by atoms with van der Waals surface area (Å²) in [5.74, 6) is -1.70. The van der Waals surface area contributed by atoms with Gasteiger partial charge in [-0.15, -0.1) is 0 Å². The van der Waals surface area contributed by atoms with E-state index in [0.717, 1.165) is 32.1 Å². The Bertz CT molecular complexity index is 719. The molecule has 0 radical (unpaired) electrons. The van der Waals surface area contributed by atoms with E-state index >= 15 is 0 Å². The van der Waals surface area contributed by atoms with Crippen LogP contribution in [0.25, 0.3) is 0 Å². The van der Waals surface area contributed by atoms with Crippen molar-refractivity contribution in [1.29, 1.82) is 0 Å². The number of rotatable bonds is 23. The lowest BCUT2D eigenvalue weighted by Gasteiger charge is -2.32. The number of carboxylic acid groups (broad SMARTS) is 1. The molecule has 0 aromatic rings. The molecule has 4 N–H and O–H groups in total. The second-order valence-electron chi connectivity index (χ2n) is 9.92. The SMILES string of the molecule is CCCCCCCCC=CCCCCCCCC(=O)OC[C@H]1OCCC[C@@H]1OP(=O)(O)OC[C@H](N)C(=O)O. The van der Waals surface area contributed by atoms with Crippen molar-refractivity contribution in [1.82, 2.24) is 0 Å². The van der Waals surface area contributed by atoms with Crippen LogP contribution in [0.4, 0.5) is 0 Å². The maximum Gasteiger partial charge on any atom is 0.472 e. The lowest BCUT2D eigenvalue weighted by atomic mass is 10.1. The largest absolute Gasteiger partial charge is 0.480 e. The maximum absolute atomic E-state index is 12.2. The van der Waals surface area contributed by atoms with Gasteiger partial charge in [0, 0.05) is 13.0 Å². The molecule has 0 aromatic heterocycles. The minimum absolute atomic E-state index is 0.0940. The normalized spacial score (nSPS) is 20.3. The topological polar surface area (TPSA) is 155 Å². The summed E-state index contributed by atoms with van der Waals surface area (Å²) in [5, 5.41) is 8.76. The number of unbranched alkanes of at least 4 members (excludes halogenated alkanes) is 11. The van der Waals surface area contributed by atoms with Crippen LogP contribution in [0.2, 0.25) is 0 Å². The highest BCUT2D eigenvalue weighted by atomic mass is 31.2. The number of carbonyl (C=O) groups excluding carboxylic acids is 1. The van der Waals surface area contributed by atoms with Crippen LogP contribution in [0, 0.1) is 0 Å². The molecule has 38 heavy (non-hydrogen) atoms. The Morgan fingerprint density at radius 1 is 1.03 bits per heavy atom. The van der Waals surface area contributed by atoms with Gasteiger partial charge in [0.25, 0.3) is 0 Å². The highest BCUT2D eigenvalue weighted by Gasteiger charge is 2.36. The lowest BCUT2D eigenvalue weighted by Crippen LogP contribution is -2.40. The Balaban J connectivity index is 2.11. The number of ether oxygens (including phenoxy) is 2. The van der Waals surface area contributed by atoms with E-state index in [9.17, 15) is 19.0 Å². The van der Waals surface area contributed by atoms with E-state index in [-0.39, 0.29) is 12.6 Å². The number of esters is 1. The molecule has 1 saturated heterocycles. The first-order valence-electron chi connectivity index (χ1n) is 14.3. The summed E-state index contributed by atoms with van der Waals surface area (Å²) in [5.41, 5.74) is 5.28. The molecule has 0 spiro atoms. The zero-order chi connectivity index (χ0) is 28.1. The summed E-state index contributed by atoms with van der Waals surface area (Å²) in [6.45, 7) is 1.89. The third-order valence-electron chi connectivity index (χ3n) is 6.43. The molecule has 1 heterocycles. The summed E-state index contributed by atoms with van der Waals surface area (Å²) >= 11 is 0. The van der Waals surface area contributed by atoms with Crippen molar-refractivity contribution in [2.24, 2.45) is 5.73 Å². The van der Waals surface area contributed by atoms with Gasteiger partial charge in [-0.1, -0.05) is 70.4 Å². The summed E-state index contributed by atoms with van der Waals surface area (Å²) in [4.78, 5) is 32.8. The second-order valence-corrected chi connectivity index (χ2v) is 11.3. The standard InChI is InChI=1S/C27H50NO9P/c1-2-3-4-5-6-7-8-9-10-11-12-13-14-15-16-19-26(29)35-22-25-24(18-17-20-34-25)37-38(32,33)36-21-23(28)27(30)31/h9-10,23-25H,2-8,11-22,28H2,1H3,(H,30,31)(H,32,33)/t23-,24-,25+/m0/s1. The van der Waals surface area contributed by atoms with Gasteiger partial charge in [0.1, 0.15) is 18.8 Å². The maximum atomic E-state index is 12.2. The van der Waals surface area contributed by atoms with Crippen molar-refractivity contribution >= 4 is 19.8 Å². The van der Waals surface area contributed by atoms with E-state index in [1.807, 2.05) is 0 Å². The molecule has 1 aliphatic heterocycles. The molecule has 0 bridgehead atoms. The molecule has 1 aliphatic rings. The number of nitrogens with two attached hydrogens (primary N) is 1. The van der Waals surface area contributed by atoms with Gasteiger partial charge in [0.05, 0.1) is 12.7 Å². The molecule has 0 aromatic carbocycles. The number of hydrogen-bond donors (Lipinski definition) is 3. The lowest BCUT2D eigenvalue weighted by molar-refractivity contribution is -0.154. The molecule has 0 saturated carbocycles. The average molecular weight is 564 g/mol. The first-order valence-corrected chi connectivity index (χ1v) is 15.8. The Morgan fingerprint density at radius 3 is 2.26 bits per heavy atom. The molecule has 4 atom stereocenters. The Hall–Kier alpha value is -1.29. The molecule has 0 amide bonds. The molecule has 0 aliphatic carbocycles. The summed E-state index contributed by atoms with van der Waals surface area (Å²) in [6, 6.07) is -1.45. The highest BCUT2D eigenvalue weighted by Crippen LogP contribution is 2.46. The molecule has 11 heteroatoms. The molecule has 222 valence electrons. The van der Waals surface area contributed by atoms with Crippen LogP contribution in [0.15, 0.2) is 12.2 Å². The number of carboxylic acids is 1. The summed E-state index contributed by atoms with van der Waals surface area (Å²) in [7, 11) is -4.55. The predicted molar refractivity (Wildman–Crippen MR) is 146 cm³/mol. The van der Waals surface area contributed by atoms with Crippen molar-refractivity contribution in [2.75, 3.05) is 19.8 Å². The van der Waals surface area contributed by atoms with Crippen molar-refractivity contribution < 1.29 is 42.7 Å². The smallest absolute Gasteiger partial charge is 0.472 e. The van der Waals surface area contributed by atoms with E-state index in [1.54, 1.807) is 0 Å². The van der Waals surface area contributed by atoms with E-state index in [4.69, 9.17) is 24.8 Å². The fourth-order valence-electron chi connectivity index (χ4n) is 4.12. The van der Waals surface area contributed by atoms with Gasteiger partial charge in [-0.3, -0.25) is 18.6 Å². The molecular weight excluding hydrogens is 513 g/mol. The number of phosphoric ester groups is 1. The van der Waals surface area contributed by atoms with Crippen LogP contribution in [-0.2, 0) is 32.7 Å². The van der Waals surface area contributed by atoms with E-state index in [2.05, 4.69) is 23.6 Å². The zero-order valence-corrected chi connectivity index (χ0v) is 24.0. The first-order chi connectivity index (χ1) is 18.2. The Morgan fingerprint density at radius 2 is 1.63 bits per heavy atom. The van der Waals surface area contributed by atoms with E-state index < -0.39 is 38.6 Å². The number of phosphoric acid groups is 1. The van der Waals surface area contributed by atoms with Gasteiger partial charge in [0.15, 0.2) is 0 Å². The van der Waals surface area contributed by atoms with Crippen molar-refractivity contribution in [3.63, 3.8) is 0 Å². The summed E-state index contributed by atoms with van der Waals surface area (Å²) in [6.07, 6.45) is 19.8. The molecule has 1 unspecified atom stereocenters. The third-order valence-corrected chi connectivity index (χ3v) is 7.45. The predicted octanol–water partition coefficient (Wildman–Crippen LogP) is 5.66. The third kappa shape index (κ3) is 18.1. The molecule has 1 rings (SSSR count). The minimum atomic E-state index is -4.55. The van der Waals surface area contributed by atoms with Crippen LogP contribution in [-0.4, -0.2) is 60.0 Å². The Labute approximate surface area is 228 Å². The van der Waals surface area contributed by atoms with Crippen molar-refractivity contribution in [2.45, 2.75) is 128 Å². The Kier molecular flexibility index (Phi) is 19.7. The van der Waals surface area contributed by atoms with Crippen LogP contribution < -0.4 is 5.73 Å². The van der Waals surface area contributed by atoms with Gasteiger partial charge >= 0.3 is 19.8 Å². The number of aliphatic carboxylic acids is 1. The van der Waals surface area contributed by atoms with Crippen molar-refractivity contribution in [3.05, 3.63) is 12.2 Å². The van der Waals surface area contributed by atoms with Gasteiger partial charge in [-0.25, -0.2) is 4.57 Å². The van der Waals surface area contributed by atoms with Gasteiger partial charge < -0.3 is 25.2 Å². The van der Waals surface area contributed by atoms with E-state index in [0.29, 0.717) is 25.9 Å². The summed E-state index contributed by atoms with van der Waals surface area (Å²) < 4.78 is 32.9.